The number of rotatable bonds is 7. The van der Waals surface area contributed by atoms with E-state index in [0.29, 0.717) is 29.4 Å². The molecule has 1 saturated carbocycles. The van der Waals surface area contributed by atoms with Crippen LogP contribution >= 0.6 is 22.6 Å². The molecule has 0 radical (unpaired) electrons. The second kappa shape index (κ2) is 11.2. The molecule has 7 nitrogen and oxygen atoms in total. The molecule has 2 N–H and O–H groups in total. The van der Waals surface area contributed by atoms with Crippen LogP contribution in [0.3, 0.4) is 0 Å². The summed E-state index contributed by atoms with van der Waals surface area (Å²) in [7, 11) is 3.12. The molecule has 1 heterocycles. The smallest absolute Gasteiger partial charge is 0.416 e. The third-order valence-electron chi connectivity index (χ3n) is 6.58. The van der Waals surface area contributed by atoms with Crippen molar-refractivity contribution < 1.29 is 27.9 Å². The average Bonchev–Trinajstić information content (AvgIpc) is 2.79. The first-order chi connectivity index (χ1) is 17.4. The van der Waals surface area contributed by atoms with Gasteiger partial charge in [0.2, 0.25) is 0 Å². The molecule has 11 heteroatoms. The number of amides is 2. The molecule has 1 aliphatic heterocycles. The Labute approximate surface area is 227 Å². The number of hydrogen-bond donors (Lipinski definition) is 2. The molecular weight excluding hydrogens is 600 g/mol. The number of aliphatic imine (C=N–C) groups is 1. The zero-order chi connectivity index (χ0) is 27.5. The number of nitrogens with one attached hydrogen (secondary N) is 1. The van der Waals surface area contributed by atoms with E-state index in [4.69, 9.17) is 0 Å². The molecular formula is C26H28F3IN4O3. The topological polar surface area (TPSA) is 85.2 Å². The summed E-state index contributed by atoms with van der Waals surface area (Å²) in [6.07, 6.45) is 1.00. The molecule has 3 rings (SSSR count). The molecule has 1 aromatic carbocycles. The first-order valence-electron chi connectivity index (χ1n) is 11.6. The number of hydrazine groups is 1. The second-order valence-electron chi connectivity index (χ2n) is 8.76. The fourth-order valence-electron chi connectivity index (χ4n) is 4.48. The summed E-state index contributed by atoms with van der Waals surface area (Å²) in [4.78, 5) is 30.8. The van der Waals surface area contributed by atoms with Crippen LogP contribution in [-0.4, -0.2) is 58.8 Å². The van der Waals surface area contributed by atoms with Crippen LogP contribution in [0.1, 0.15) is 43.7 Å². The lowest BCUT2D eigenvalue weighted by Gasteiger charge is -2.54. The van der Waals surface area contributed by atoms with Crippen LogP contribution in [0.4, 0.5) is 18.9 Å². The van der Waals surface area contributed by atoms with E-state index in [9.17, 15) is 27.9 Å². The van der Waals surface area contributed by atoms with Gasteiger partial charge in [0.05, 0.1) is 22.5 Å². The molecule has 198 valence electrons. The molecule has 0 bridgehead atoms. The van der Waals surface area contributed by atoms with Crippen molar-refractivity contribution in [3.8, 4) is 0 Å². The van der Waals surface area contributed by atoms with Crippen LogP contribution in [-0.2, 0) is 15.8 Å². The number of anilines is 1. The highest BCUT2D eigenvalue weighted by molar-refractivity contribution is 14.1. The highest BCUT2D eigenvalue weighted by Gasteiger charge is 2.54. The molecule has 2 aliphatic rings. The maximum atomic E-state index is 13.5. The van der Waals surface area contributed by atoms with Crippen LogP contribution in [0.25, 0.3) is 0 Å². The van der Waals surface area contributed by atoms with Crippen LogP contribution in [0, 0.1) is 0 Å². The number of alkyl halides is 3. The van der Waals surface area contributed by atoms with Crippen molar-refractivity contribution in [3.63, 3.8) is 0 Å². The number of likely N-dealkylation sites (N-methyl/N-ethyl adjacent to an activating group) is 1. The van der Waals surface area contributed by atoms with E-state index < -0.39 is 34.7 Å². The highest BCUT2D eigenvalue weighted by Crippen LogP contribution is 2.46. The van der Waals surface area contributed by atoms with Gasteiger partial charge >= 0.3 is 6.18 Å². The minimum Gasteiger partial charge on any atom is -0.509 e. The Morgan fingerprint density at radius 1 is 1.38 bits per heavy atom. The lowest BCUT2D eigenvalue weighted by molar-refractivity contribution is -0.170. The first-order valence-corrected chi connectivity index (χ1v) is 12.7. The van der Waals surface area contributed by atoms with Gasteiger partial charge in [-0.2, -0.15) is 13.2 Å². The number of hydrogen-bond acceptors (Lipinski definition) is 5. The largest absolute Gasteiger partial charge is 0.509 e. The van der Waals surface area contributed by atoms with Gasteiger partial charge in [-0.1, -0.05) is 13.5 Å². The van der Waals surface area contributed by atoms with E-state index in [1.165, 1.54) is 24.2 Å². The SMILES string of the molecule is C=C=C/C(I)=C\C(=N/C)c1cc(C(F)(F)F)ccc1NC(=O)C1=C(O)C2(CCC2)N(C)N(CCC)C1=O. The summed E-state index contributed by atoms with van der Waals surface area (Å²) in [6, 6.07) is 2.84. The van der Waals surface area contributed by atoms with Crippen LogP contribution in [0.5, 0.6) is 0 Å². The molecule has 1 spiro atoms. The Bertz CT molecular complexity index is 1240. The standard InChI is InChI=1S/C26H28F3IN4O3/c1-5-8-17(30)15-20(31-3)18-14-16(26(27,28)29)9-10-19(18)32-23(36)21-22(35)25(11-7-12-25)33(4)34(13-6-2)24(21)37/h8-10,14-15,35H,1,6-7,11-13H2,2-4H3,(H,32,36)/b17-15+,31-20+. The van der Waals surface area contributed by atoms with Crippen molar-refractivity contribution in [1.29, 1.82) is 0 Å². The maximum absolute atomic E-state index is 13.5. The van der Waals surface area contributed by atoms with E-state index in [0.717, 1.165) is 24.6 Å². The van der Waals surface area contributed by atoms with E-state index in [1.54, 1.807) is 12.1 Å². The lowest BCUT2D eigenvalue weighted by atomic mass is 9.72. The number of aliphatic hydroxyl groups is 1. The zero-order valence-electron chi connectivity index (χ0n) is 20.7. The minimum atomic E-state index is -4.63. The van der Waals surface area contributed by atoms with Gasteiger partial charge in [-0.3, -0.25) is 19.6 Å². The number of halogens is 4. The van der Waals surface area contributed by atoms with Gasteiger partial charge < -0.3 is 10.4 Å². The van der Waals surface area contributed by atoms with Crippen molar-refractivity contribution in [1.82, 2.24) is 10.0 Å². The van der Waals surface area contributed by atoms with Gasteiger partial charge in [0.15, 0.2) is 0 Å². The number of carbonyl (C=O) groups excluding carboxylic acids is 2. The molecule has 0 unspecified atom stereocenters. The summed E-state index contributed by atoms with van der Waals surface area (Å²) in [5.41, 5.74) is 0.565. The van der Waals surface area contributed by atoms with Gasteiger partial charge in [0.1, 0.15) is 11.3 Å². The van der Waals surface area contributed by atoms with Crippen molar-refractivity contribution >= 4 is 45.8 Å². The fraction of sp³-hybridized carbons (Fsp3) is 0.385. The monoisotopic (exact) mass is 628 g/mol. The van der Waals surface area contributed by atoms with Crippen LogP contribution in [0.2, 0.25) is 0 Å². The number of allylic oxidation sites excluding steroid dienone is 3. The van der Waals surface area contributed by atoms with Crippen molar-refractivity contribution in [3.05, 3.63) is 68.7 Å². The maximum Gasteiger partial charge on any atom is 0.416 e. The second-order valence-corrected chi connectivity index (χ2v) is 10.0. The quantitative estimate of drug-likeness (QED) is 0.136. The number of aliphatic hydroxyl groups excluding tert-OH is 1. The fourth-order valence-corrected chi connectivity index (χ4v) is 5.00. The van der Waals surface area contributed by atoms with Gasteiger partial charge in [0, 0.05) is 29.8 Å². The lowest BCUT2D eigenvalue weighted by Crippen LogP contribution is -2.66. The molecule has 37 heavy (non-hydrogen) atoms. The molecule has 0 saturated heterocycles. The summed E-state index contributed by atoms with van der Waals surface area (Å²) in [5, 5.41) is 16.8. The summed E-state index contributed by atoms with van der Waals surface area (Å²) < 4.78 is 41.2. The Kier molecular flexibility index (Phi) is 8.71. The first kappa shape index (κ1) is 28.7. The minimum absolute atomic E-state index is 0.00143. The van der Waals surface area contributed by atoms with E-state index in [-0.39, 0.29) is 22.7 Å². The summed E-state index contributed by atoms with van der Waals surface area (Å²) in [6.45, 7) is 5.72. The third-order valence-corrected chi connectivity index (χ3v) is 7.20. The highest BCUT2D eigenvalue weighted by atomic mass is 127. The molecule has 2 amide bonds. The van der Waals surface area contributed by atoms with Crippen molar-refractivity contribution in [2.45, 2.75) is 44.3 Å². The number of carbonyl (C=O) groups is 2. The molecule has 1 fully saturated rings. The van der Waals surface area contributed by atoms with Crippen LogP contribution < -0.4 is 5.32 Å². The Morgan fingerprint density at radius 2 is 2.05 bits per heavy atom. The number of nitrogens with zero attached hydrogens (tertiary/aromatic N) is 3. The van der Waals surface area contributed by atoms with Crippen LogP contribution in [0.15, 0.2) is 62.6 Å². The molecule has 0 atom stereocenters. The molecule has 1 aliphatic carbocycles. The van der Waals surface area contributed by atoms with Gasteiger partial charge in [-0.25, -0.2) is 5.01 Å². The zero-order valence-corrected chi connectivity index (χ0v) is 22.9. The van der Waals surface area contributed by atoms with E-state index >= 15 is 0 Å². The summed E-state index contributed by atoms with van der Waals surface area (Å²) in [5.74, 6) is -1.89. The number of benzene rings is 1. The Morgan fingerprint density at radius 3 is 2.57 bits per heavy atom. The van der Waals surface area contributed by atoms with Gasteiger partial charge in [-0.15, -0.1) is 5.73 Å². The predicted molar refractivity (Wildman–Crippen MR) is 144 cm³/mol. The molecule has 0 aromatic heterocycles. The Balaban J connectivity index is 2.10. The predicted octanol–water partition coefficient (Wildman–Crippen LogP) is 5.56. The molecule has 1 aromatic rings. The Hall–Kier alpha value is -2.89. The van der Waals surface area contributed by atoms with E-state index in [1.807, 2.05) is 29.5 Å². The third kappa shape index (κ3) is 5.53. The average molecular weight is 628 g/mol. The summed E-state index contributed by atoms with van der Waals surface area (Å²) >= 11 is 1.95. The van der Waals surface area contributed by atoms with Crippen molar-refractivity contribution in [2.75, 3.05) is 26.0 Å². The van der Waals surface area contributed by atoms with Gasteiger partial charge in [0.25, 0.3) is 11.8 Å². The van der Waals surface area contributed by atoms with Gasteiger partial charge in [-0.05, 0) is 78.6 Å². The van der Waals surface area contributed by atoms with E-state index in [2.05, 4.69) is 22.6 Å². The normalized spacial score (nSPS) is 18.6. The van der Waals surface area contributed by atoms with Crippen molar-refractivity contribution in [2.24, 2.45) is 4.99 Å².